The minimum atomic E-state index is -0.698. The molecule has 1 saturated carbocycles. The van der Waals surface area contributed by atoms with Gasteiger partial charge >= 0.3 is 5.97 Å². The van der Waals surface area contributed by atoms with E-state index in [0.29, 0.717) is 28.3 Å². The van der Waals surface area contributed by atoms with Crippen LogP contribution in [0, 0.1) is 17.3 Å². The molecule has 0 atom stereocenters. The van der Waals surface area contributed by atoms with Gasteiger partial charge in [-0.25, -0.2) is 0 Å². The molecule has 1 aromatic carbocycles. The SMILES string of the molecule is CC(C)C1CCC(Cc2ccc(Cl)cc2Cl)(C(=O)O)CC1. The van der Waals surface area contributed by atoms with E-state index >= 15 is 0 Å². The Labute approximate surface area is 136 Å². The summed E-state index contributed by atoms with van der Waals surface area (Å²) in [5.74, 6) is 0.560. The predicted octanol–water partition coefficient (Wildman–Crippen LogP) is 5.45. The Morgan fingerprint density at radius 1 is 1.33 bits per heavy atom. The summed E-state index contributed by atoms with van der Waals surface area (Å²) in [4.78, 5) is 11.9. The molecule has 1 aliphatic rings. The van der Waals surface area contributed by atoms with E-state index in [2.05, 4.69) is 13.8 Å². The quantitative estimate of drug-likeness (QED) is 0.797. The van der Waals surface area contributed by atoms with Gasteiger partial charge < -0.3 is 5.11 Å². The number of carbonyl (C=O) groups is 1. The number of rotatable bonds is 4. The lowest BCUT2D eigenvalue weighted by Crippen LogP contribution is -2.38. The Bertz CT molecular complexity index is 518. The third-order valence-corrected chi connectivity index (χ3v) is 5.51. The van der Waals surface area contributed by atoms with Crippen LogP contribution in [0.3, 0.4) is 0 Å². The number of hydrogen-bond donors (Lipinski definition) is 1. The average molecular weight is 329 g/mol. The highest BCUT2D eigenvalue weighted by atomic mass is 35.5. The van der Waals surface area contributed by atoms with Crippen LogP contribution in [-0.2, 0) is 11.2 Å². The Kier molecular flexibility index (Phi) is 5.21. The summed E-state index contributed by atoms with van der Waals surface area (Å²) in [5, 5.41) is 10.9. The summed E-state index contributed by atoms with van der Waals surface area (Å²) in [6.45, 7) is 4.43. The molecule has 0 unspecified atom stereocenters. The molecule has 0 aliphatic heterocycles. The van der Waals surface area contributed by atoms with Gasteiger partial charge in [-0.05, 0) is 61.6 Å². The first-order valence-electron chi connectivity index (χ1n) is 7.51. The number of hydrogen-bond acceptors (Lipinski definition) is 1. The van der Waals surface area contributed by atoms with Crippen LogP contribution in [0.25, 0.3) is 0 Å². The smallest absolute Gasteiger partial charge is 0.309 e. The Balaban J connectivity index is 2.19. The van der Waals surface area contributed by atoms with Gasteiger partial charge in [0.1, 0.15) is 0 Å². The summed E-state index contributed by atoms with van der Waals surface area (Å²) in [6.07, 6.45) is 3.90. The van der Waals surface area contributed by atoms with Crippen LogP contribution in [0.2, 0.25) is 10.0 Å². The van der Waals surface area contributed by atoms with E-state index in [-0.39, 0.29) is 0 Å². The molecule has 21 heavy (non-hydrogen) atoms. The summed E-state index contributed by atoms with van der Waals surface area (Å²) >= 11 is 12.1. The second-order valence-corrected chi connectivity index (χ2v) is 7.42. The predicted molar refractivity (Wildman–Crippen MR) is 87.0 cm³/mol. The van der Waals surface area contributed by atoms with E-state index in [0.717, 1.165) is 31.2 Å². The van der Waals surface area contributed by atoms with Gasteiger partial charge in [-0.3, -0.25) is 4.79 Å². The van der Waals surface area contributed by atoms with Crippen molar-refractivity contribution < 1.29 is 9.90 Å². The molecule has 2 nitrogen and oxygen atoms in total. The largest absolute Gasteiger partial charge is 0.481 e. The first kappa shape index (κ1) is 16.6. The Hall–Kier alpha value is -0.730. The van der Waals surface area contributed by atoms with Crippen molar-refractivity contribution in [3.05, 3.63) is 33.8 Å². The van der Waals surface area contributed by atoms with Crippen molar-refractivity contribution in [3.8, 4) is 0 Å². The van der Waals surface area contributed by atoms with Crippen LogP contribution in [-0.4, -0.2) is 11.1 Å². The van der Waals surface area contributed by atoms with Crippen molar-refractivity contribution in [2.24, 2.45) is 17.3 Å². The van der Waals surface area contributed by atoms with Gasteiger partial charge in [0.2, 0.25) is 0 Å². The lowest BCUT2D eigenvalue weighted by molar-refractivity contribution is -0.151. The van der Waals surface area contributed by atoms with Crippen molar-refractivity contribution in [1.82, 2.24) is 0 Å². The van der Waals surface area contributed by atoms with Crippen LogP contribution in [0.4, 0.5) is 0 Å². The number of carboxylic acids is 1. The molecule has 1 aromatic rings. The highest BCUT2D eigenvalue weighted by Gasteiger charge is 2.42. The molecular formula is C17H22Cl2O2. The van der Waals surface area contributed by atoms with Gasteiger partial charge in [0.25, 0.3) is 0 Å². The van der Waals surface area contributed by atoms with Gasteiger partial charge in [-0.15, -0.1) is 0 Å². The fourth-order valence-electron chi connectivity index (χ4n) is 3.36. The molecule has 0 aromatic heterocycles. The Morgan fingerprint density at radius 3 is 2.43 bits per heavy atom. The van der Waals surface area contributed by atoms with Crippen molar-refractivity contribution in [3.63, 3.8) is 0 Å². The zero-order valence-corrected chi connectivity index (χ0v) is 14.0. The monoisotopic (exact) mass is 328 g/mol. The van der Waals surface area contributed by atoms with Crippen molar-refractivity contribution in [1.29, 1.82) is 0 Å². The third-order valence-electron chi connectivity index (χ3n) is 4.93. The maximum absolute atomic E-state index is 11.9. The summed E-state index contributed by atoms with van der Waals surface area (Å²) in [5.41, 5.74) is 0.203. The molecule has 0 heterocycles. The second kappa shape index (κ2) is 6.58. The molecule has 116 valence electrons. The normalized spacial score (nSPS) is 26.0. The second-order valence-electron chi connectivity index (χ2n) is 6.58. The van der Waals surface area contributed by atoms with E-state index in [4.69, 9.17) is 23.2 Å². The van der Waals surface area contributed by atoms with Gasteiger partial charge in [0, 0.05) is 10.0 Å². The van der Waals surface area contributed by atoms with Crippen molar-refractivity contribution in [2.45, 2.75) is 46.0 Å². The van der Waals surface area contributed by atoms with Gasteiger partial charge in [-0.2, -0.15) is 0 Å². The van der Waals surface area contributed by atoms with E-state index in [1.54, 1.807) is 12.1 Å². The van der Waals surface area contributed by atoms with Crippen molar-refractivity contribution >= 4 is 29.2 Å². The van der Waals surface area contributed by atoms with Gasteiger partial charge in [0.15, 0.2) is 0 Å². The van der Waals surface area contributed by atoms with Crippen LogP contribution in [0.5, 0.6) is 0 Å². The average Bonchev–Trinajstić information content (AvgIpc) is 2.42. The van der Waals surface area contributed by atoms with Crippen LogP contribution in [0.1, 0.15) is 45.1 Å². The van der Waals surface area contributed by atoms with Crippen LogP contribution < -0.4 is 0 Å². The summed E-state index contributed by atoms with van der Waals surface area (Å²) < 4.78 is 0. The molecular weight excluding hydrogens is 307 g/mol. The zero-order valence-electron chi connectivity index (χ0n) is 12.5. The molecule has 0 radical (unpaired) electrons. The maximum Gasteiger partial charge on any atom is 0.309 e. The highest BCUT2D eigenvalue weighted by molar-refractivity contribution is 6.35. The molecule has 0 spiro atoms. The number of halogens is 2. The molecule has 1 aliphatic carbocycles. The number of carboxylic acid groups (broad SMARTS) is 1. The molecule has 1 fully saturated rings. The van der Waals surface area contributed by atoms with Gasteiger partial charge in [0.05, 0.1) is 5.41 Å². The molecule has 4 heteroatoms. The molecule has 0 amide bonds. The van der Waals surface area contributed by atoms with E-state index in [1.165, 1.54) is 0 Å². The molecule has 0 saturated heterocycles. The molecule has 1 N–H and O–H groups in total. The fraction of sp³-hybridized carbons (Fsp3) is 0.588. The topological polar surface area (TPSA) is 37.3 Å². The first-order valence-corrected chi connectivity index (χ1v) is 8.27. The lowest BCUT2D eigenvalue weighted by atomic mass is 9.65. The fourth-order valence-corrected chi connectivity index (χ4v) is 3.83. The summed E-state index contributed by atoms with van der Waals surface area (Å²) in [7, 11) is 0. The van der Waals surface area contributed by atoms with Crippen LogP contribution >= 0.6 is 23.2 Å². The van der Waals surface area contributed by atoms with Crippen molar-refractivity contribution in [2.75, 3.05) is 0 Å². The minimum Gasteiger partial charge on any atom is -0.481 e. The summed E-state index contributed by atoms with van der Waals surface area (Å²) in [6, 6.07) is 5.32. The minimum absolute atomic E-state index is 0.489. The first-order chi connectivity index (χ1) is 9.84. The maximum atomic E-state index is 11.9. The van der Waals surface area contributed by atoms with Crippen LogP contribution in [0.15, 0.2) is 18.2 Å². The van der Waals surface area contributed by atoms with E-state index < -0.39 is 11.4 Å². The molecule has 2 rings (SSSR count). The standard InChI is InChI=1S/C17H22Cl2O2/c1-11(2)12-5-7-17(8-6-12,16(20)21)10-13-3-4-14(18)9-15(13)19/h3-4,9,11-12H,5-8,10H2,1-2H3,(H,20,21). The Morgan fingerprint density at radius 2 is 1.95 bits per heavy atom. The number of aliphatic carboxylic acids is 1. The lowest BCUT2D eigenvalue weighted by Gasteiger charge is -2.38. The molecule has 0 bridgehead atoms. The van der Waals surface area contributed by atoms with E-state index in [1.807, 2.05) is 6.07 Å². The number of benzene rings is 1. The zero-order chi connectivity index (χ0) is 15.6. The highest BCUT2D eigenvalue weighted by Crippen LogP contribution is 2.44. The third kappa shape index (κ3) is 3.73. The van der Waals surface area contributed by atoms with Gasteiger partial charge in [-0.1, -0.05) is 43.1 Å². The van der Waals surface area contributed by atoms with E-state index in [9.17, 15) is 9.90 Å².